The first-order valence-corrected chi connectivity index (χ1v) is 5.62. The van der Waals surface area contributed by atoms with Crippen LogP contribution >= 0.6 is 11.6 Å². The minimum atomic E-state index is -0.338. The SMILES string of the molecule is COCC(Nc1cc(F)cc(Cl)c1)C(C)C. The Morgan fingerprint density at radius 3 is 2.56 bits per heavy atom. The second-order valence-electron chi connectivity index (χ2n) is 4.11. The largest absolute Gasteiger partial charge is 0.383 e. The van der Waals surface area contributed by atoms with Crippen molar-refractivity contribution in [1.29, 1.82) is 0 Å². The van der Waals surface area contributed by atoms with Crippen LogP contribution in [0.3, 0.4) is 0 Å². The van der Waals surface area contributed by atoms with Crippen LogP contribution in [0.25, 0.3) is 0 Å². The number of nitrogens with one attached hydrogen (secondary N) is 1. The second-order valence-corrected chi connectivity index (χ2v) is 4.54. The Balaban J connectivity index is 2.76. The molecule has 1 atom stereocenters. The third kappa shape index (κ3) is 3.99. The van der Waals surface area contributed by atoms with E-state index in [1.54, 1.807) is 13.2 Å². The monoisotopic (exact) mass is 245 g/mol. The van der Waals surface area contributed by atoms with Crippen molar-refractivity contribution in [3.05, 3.63) is 29.0 Å². The van der Waals surface area contributed by atoms with E-state index in [1.165, 1.54) is 12.1 Å². The Hall–Kier alpha value is -0.800. The summed E-state index contributed by atoms with van der Waals surface area (Å²) in [5, 5.41) is 3.60. The topological polar surface area (TPSA) is 21.3 Å². The van der Waals surface area contributed by atoms with E-state index < -0.39 is 0 Å². The van der Waals surface area contributed by atoms with E-state index in [2.05, 4.69) is 19.2 Å². The molecule has 90 valence electrons. The van der Waals surface area contributed by atoms with Gasteiger partial charge in [0.2, 0.25) is 0 Å². The van der Waals surface area contributed by atoms with Crippen molar-refractivity contribution in [3.8, 4) is 0 Å². The van der Waals surface area contributed by atoms with Gasteiger partial charge >= 0.3 is 0 Å². The summed E-state index contributed by atoms with van der Waals surface area (Å²) in [6.07, 6.45) is 0. The smallest absolute Gasteiger partial charge is 0.126 e. The highest BCUT2D eigenvalue weighted by molar-refractivity contribution is 6.30. The molecule has 1 aromatic rings. The van der Waals surface area contributed by atoms with Crippen LogP contribution in [-0.2, 0) is 4.74 Å². The van der Waals surface area contributed by atoms with E-state index >= 15 is 0 Å². The van der Waals surface area contributed by atoms with Crippen molar-refractivity contribution in [1.82, 2.24) is 0 Å². The van der Waals surface area contributed by atoms with Crippen molar-refractivity contribution >= 4 is 17.3 Å². The molecule has 1 N–H and O–H groups in total. The number of rotatable bonds is 5. The van der Waals surface area contributed by atoms with Gasteiger partial charge in [0, 0.05) is 17.8 Å². The van der Waals surface area contributed by atoms with E-state index in [0.717, 1.165) is 0 Å². The van der Waals surface area contributed by atoms with Gasteiger partial charge in [-0.3, -0.25) is 0 Å². The fourth-order valence-corrected chi connectivity index (χ4v) is 1.65. The Bertz CT molecular complexity index is 324. The number of anilines is 1. The van der Waals surface area contributed by atoms with Crippen LogP contribution in [0.15, 0.2) is 18.2 Å². The molecule has 0 saturated heterocycles. The van der Waals surface area contributed by atoms with Crippen LogP contribution in [0.5, 0.6) is 0 Å². The Morgan fingerprint density at radius 1 is 1.38 bits per heavy atom. The minimum absolute atomic E-state index is 0.142. The molecule has 2 nitrogen and oxygen atoms in total. The number of hydrogen-bond donors (Lipinski definition) is 1. The average Bonchev–Trinajstić information content (AvgIpc) is 2.15. The number of benzene rings is 1. The first kappa shape index (κ1) is 13.3. The number of hydrogen-bond acceptors (Lipinski definition) is 2. The maximum atomic E-state index is 13.1. The molecule has 1 aromatic carbocycles. The predicted molar refractivity (Wildman–Crippen MR) is 65.5 cm³/mol. The molecule has 0 aliphatic rings. The van der Waals surface area contributed by atoms with Gasteiger partial charge < -0.3 is 10.1 Å². The van der Waals surface area contributed by atoms with Gasteiger partial charge in [-0.2, -0.15) is 0 Å². The van der Waals surface area contributed by atoms with Gasteiger partial charge in [-0.05, 0) is 24.1 Å². The lowest BCUT2D eigenvalue weighted by Gasteiger charge is -2.22. The van der Waals surface area contributed by atoms with Crippen LogP contribution in [0, 0.1) is 11.7 Å². The summed E-state index contributed by atoms with van der Waals surface area (Å²) in [4.78, 5) is 0. The highest BCUT2D eigenvalue weighted by Gasteiger charge is 2.13. The summed E-state index contributed by atoms with van der Waals surface area (Å²) >= 11 is 5.78. The zero-order valence-corrected chi connectivity index (χ0v) is 10.5. The van der Waals surface area contributed by atoms with Crippen molar-refractivity contribution in [2.75, 3.05) is 19.0 Å². The Labute approximate surface area is 101 Å². The molecule has 0 bridgehead atoms. The third-order valence-electron chi connectivity index (χ3n) is 2.37. The molecule has 16 heavy (non-hydrogen) atoms. The summed E-state index contributed by atoms with van der Waals surface area (Å²) in [5.74, 6) is 0.0527. The normalized spacial score (nSPS) is 12.9. The highest BCUT2D eigenvalue weighted by atomic mass is 35.5. The second kappa shape index (κ2) is 6.06. The minimum Gasteiger partial charge on any atom is -0.383 e. The summed E-state index contributed by atoms with van der Waals surface area (Å²) in [5.41, 5.74) is 0.681. The predicted octanol–water partition coefficient (Wildman–Crippen LogP) is 3.56. The Morgan fingerprint density at radius 2 is 2.06 bits per heavy atom. The molecular formula is C12H17ClFNO. The van der Waals surface area contributed by atoms with Gasteiger partial charge in [-0.25, -0.2) is 4.39 Å². The molecule has 0 saturated carbocycles. The van der Waals surface area contributed by atoms with Crippen molar-refractivity contribution in [2.45, 2.75) is 19.9 Å². The van der Waals surface area contributed by atoms with E-state index in [9.17, 15) is 4.39 Å². The average molecular weight is 246 g/mol. The quantitative estimate of drug-likeness (QED) is 0.857. The summed E-state index contributed by atoms with van der Waals surface area (Å²) in [6, 6.07) is 4.56. The molecule has 0 aromatic heterocycles. The van der Waals surface area contributed by atoms with E-state index in [-0.39, 0.29) is 11.9 Å². The fourth-order valence-electron chi connectivity index (χ4n) is 1.43. The van der Waals surface area contributed by atoms with Crippen LogP contribution in [-0.4, -0.2) is 19.8 Å². The van der Waals surface area contributed by atoms with E-state index in [4.69, 9.17) is 16.3 Å². The number of ether oxygens (including phenoxy) is 1. The summed E-state index contributed by atoms with van der Waals surface area (Å²) in [7, 11) is 1.65. The molecule has 0 radical (unpaired) electrons. The van der Waals surface area contributed by atoms with Crippen LogP contribution < -0.4 is 5.32 Å². The third-order valence-corrected chi connectivity index (χ3v) is 2.58. The first-order valence-electron chi connectivity index (χ1n) is 5.24. The molecule has 0 amide bonds. The molecular weight excluding hydrogens is 229 g/mol. The molecule has 1 unspecified atom stereocenters. The maximum absolute atomic E-state index is 13.1. The van der Waals surface area contributed by atoms with Crippen LogP contribution in [0.1, 0.15) is 13.8 Å². The summed E-state index contributed by atoms with van der Waals surface area (Å²) < 4.78 is 18.2. The fraction of sp³-hybridized carbons (Fsp3) is 0.500. The van der Waals surface area contributed by atoms with Gasteiger partial charge in [-0.15, -0.1) is 0 Å². The molecule has 4 heteroatoms. The van der Waals surface area contributed by atoms with E-state index in [1.807, 2.05) is 0 Å². The zero-order chi connectivity index (χ0) is 12.1. The molecule has 0 aliphatic heterocycles. The van der Waals surface area contributed by atoms with Gasteiger partial charge in [0.25, 0.3) is 0 Å². The lowest BCUT2D eigenvalue weighted by molar-refractivity contribution is 0.171. The number of halogens is 2. The molecule has 0 aliphatic carbocycles. The van der Waals surface area contributed by atoms with E-state index in [0.29, 0.717) is 23.2 Å². The molecule has 0 heterocycles. The maximum Gasteiger partial charge on any atom is 0.126 e. The summed E-state index contributed by atoms with van der Waals surface area (Å²) in [6.45, 7) is 4.74. The van der Waals surface area contributed by atoms with Crippen molar-refractivity contribution in [2.24, 2.45) is 5.92 Å². The van der Waals surface area contributed by atoms with Crippen molar-refractivity contribution < 1.29 is 9.13 Å². The Kier molecular flexibility index (Phi) is 5.03. The van der Waals surface area contributed by atoms with Gasteiger partial charge in [0.15, 0.2) is 0 Å². The van der Waals surface area contributed by atoms with Gasteiger partial charge in [0.05, 0.1) is 12.6 Å². The first-order chi connectivity index (χ1) is 7.52. The lowest BCUT2D eigenvalue weighted by atomic mass is 10.1. The standard InChI is InChI=1S/C12H17ClFNO/c1-8(2)12(7-16-3)15-11-5-9(13)4-10(14)6-11/h4-6,8,12,15H,7H2,1-3H3. The zero-order valence-electron chi connectivity index (χ0n) is 9.76. The van der Waals surface area contributed by atoms with Crippen molar-refractivity contribution in [3.63, 3.8) is 0 Å². The van der Waals surface area contributed by atoms with Crippen LogP contribution in [0.2, 0.25) is 5.02 Å². The molecule has 0 spiro atoms. The number of methoxy groups -OCH3 is 1. The molecule has 0 fully saturated rings. The highest BCUT2D eigenvalue weighted by Crippen LogP contribution is 2.20. The lowest BCUT2D eigenvalue weighted by Crippen LogP contribution is -2.30. The van der Waals surface area contributed by atoms with Gasteiger partial charge in [-0.1, -0.05) is 25.4 Å². The van der Waals surface area contributed by atoms with Crippen LogP contribution in [0.4, 0.5) is 10.1 Å². The molecule has 1 rings (SSSR count). The van der Waals surface area contributed by atoms with Gasteiger partial charge in [0.1, 0.15) is 5.82 Å².